The van der Waals surface area contributed by atoms with Crippen molar-refractivity contribution < 1.29 is 0 Å². The van der Waals surface area contributed by atoms with Crippen LogP contribution in [0.5, 0.6) is 0 Å². The summed E-state index contributed by atoms with van der Waals surface area (Å²) >= 11 is 1.86. The molecule has 1 unspecified atom stereocenters. The van der Waals surface area contributed by atoms with Crippen molar-refractivity contribution in [2.45, 2.75) is 52.0 Å². The van der Waals surface area contributed by atoms with E-state index in [1.165, 1.54) is 41.8 Å². The van der Waals surface area contributed by atoms with E-state index in [2.05, 4.69) is 30.5 Å². The number of nitrogens with zero attached hydrogens (tertiary/aromatic N) is 3. The van der Waals surface area contributed by atoms with E-state index in [0.717, 1.165) is 23.7 Å². The first-order valence-electron chi connectivity index (χ1n) is 7.98. The Kier molecular flexibility index (Phi) is 4.40. The smallest absolute Gasteiger partial charge is 0.127 e. The summed E-state index contributed by atoms with van der Waals surface area (Å²) in [6.45, 7) is 5.45. The number of aryl methyl sites for hydroxylation is 3. The maximum absolute atomic E-state index is 4.98. The molecule has 5 heteroatoms. The summed E-state index contributed by atoms with van der Waals surface area (Å²) in [5.74, 6) is 0. The van der Waals surface area contributed by atoms with Crippen LogP contribution < -0.4 is 5.32 Å². The number of thiazole rings is 1. The van der Waals surface area contributed by atoms with Gasteiger partial charge >= 0.3 is 0 Å². The highest BCUT2D eigenvalue weighted by molar-refractivity contribution is 7.15. The molecule has 0 saturated carbocycles. The minimum Gasteiger partial charge on any atom is -0.309 e. The van der Waals surface area contributed by atoms with E-state index in [9.17, 15) is 0 Å². The molecule has 0 saturated heterocycles. The Labute approximate surface area is 130 Å². The number of rotatable bonds is 5. The van der Waals surface area contributed by atoms with Crippen molar-refractivity contribution >= 4 is 11.3 Å². The zero-order chi connectivity index (χ0) is 14.8. The van der Waals surface area contributed by atoms with Crippen molar-refractivity contribution in [3.8, 4) is 10.6 Å². The van der Waals surface area contributed by atoms with Crippen LogP contribution in [0.15, 0.2) is 6.20 Å². The maximum atomic E-state index is 4.98. The lowest BCUT2D eigenvalue weighted by molar-refractivity contribution is 0.454. The summed E-state index contributed by atoms with van der Waals surface area (Å²) < 4.78 is 1.90. The predicted molar refractivity (Wildman–Crippen MR) is 87.7 cm³/mol. The molecule has 21 heavy (non-hydrogen) atoms. The average molecular weight is 304 g/mol. The molecule has 2 aromatic heterocycles. The second-order valence-corrected chi connectivity index (χ2v) is 6.83. The lowest BCUT2D eigenvalue weighted by atomic mass is 9.97. The van der Waals surface area contributed by atoms with Gasteiger partial charge in [-0.2, -0.15) is 5.10 Å². The third-order valence-electron chi connectivity index (χ3n) is 4.07. The fraction of sp³-hybridized carbons (Fsp3) is 0.625. The van der Waals surface area contributed by atoms with Gasteiger partial charge in [-0.05, 0) is 38.6 Å². The van der Waals surface area contributed by atoms with Gasteiger partial charge in [0.2, 0.25) is 0 Å². The van der Waals surface area contributed by atoms with Crippen LogP contribution in [-0.4, -0.2) is 21.3 Å². The van der Waals surface area contributed by atoms with E-state index in [-0.39, 0.29) is 0 Å². The second-order valence-electron chi connectivity index (χ2n) is 5.74. The van der Waals surface area contributed by atoms with Crippen molar-refractivity contribution in [1.29, 1.82) is 0 Å². The highest BCUT2D eigenvalue weighted by atomic mass is 32.1. The summed E-state index contributed by atoms with van der Waals surface area (Å²) in [6, 6.07) is 0.445. The molecular weight excluding hydrogens is 280 g/mol. The minimum atomic E-state index is 0.445. The molecule has 0 aromatic carbocycles. The Morgan fingerprint density at radius 2 is 2.29 bits per heavy atom. The van der Waals surface area contributed by atoms with Crippen molar-refractivity contribution in [3.05, 3.63) is 22.5 Å². The predicted octanol–water partition coefficient (Wildman–Crippen LogP) is 3.48. The zero-order valence-electron chi connectivity index (χ0n) is 13.1. The molecule has 4 nitrogen and oxygen atoms in total. The van der Waals surface area contributed by atoms with Crippen LogP contribution in [0.25, 0.3) is 10.6 Å². The molecule has 0 spiro atoms. The van der Waals surface area contributed by atoms with Gasteiger partial charge in [-0.3, -0.25) is 4.68 Å². The molecule has 0 aliphatic heterocycles. The van der Waals surface area contributed by atoms with Gasteiger partial charge in [-0.1, -0.05) is 13.8 Å². The molecule has 3 rings (SSSR count). The zero-order valence-corrected chi connectivity index (χ0v) is 14.0. The molecule has 0 bridgehead atoms. The quantitative estimate of drug-likeness (QED) is 0.919. The number of hydrogen-bond acceptors (Lipinski definition) is 4. The lowest BCUT2D eigenvalue weighted by Crippen LogP contribution is -2.25. The van der Waals surface area contributed by atoms with Crippen LogP contribution >= 0.6 is 11.3 Å². The lowest BCUT2D eigenvalue weighted by Gasteiger charge is -2.22. The second kappa shape index (κ2) is 6.28. The fourth-order valence-electron chi connectivity index (χ4n) is 3.03. The minimum absolute atomic E-state index is 0.445. The average Bonchev–Trinajstić information content (AvgIpc) is 3.07. The summed E-state index contributed by atoms with van der Waals surface area (Å²) in [5.41, 5.74) is 3.66. The summed E-state index contributed by atoms with van der Waals surface area (Å²) in [5, 5.41) is 9.35. The molecule has 1 atom stereocenters. The van der Waals surface area contributed by atoms with Gasteiger partial charge < -0.3 is 5.32 Å². The van der Waals surface area contributed by atoms with Gasteiger partial charge in [0.15, 0.2) is 0 Å². The Morgan fingerprint density at radius 1 is 1.43 bits per heavy atom. The Morgan fingerprint density at radius 3 is 3.05 bits per heavy atom. The largest absolute Gasteiger partial charge is 0.309 e. The highest BCUT2D eigenvalue weighted by Crippen LogP contribution is 2.37. The molecule has 2 heterocycles. The van der Waals surface area contributed by atoms with Crippen molar-refractivity contribution in [2.24, 2.45) is 7.05 Å². The fourth-order valence-corrected chi connectivity index (χ4v) is 4.22. The molecule has 114 valence electrons. The monoisotopic (exact) mass is 304 g/mol. The van der Waals surface area contributed by atoms with E-state index >= 15 is 0 Å². The van der Waals surface area contributed by atoms with Crippen LogP contribution in [-0.2, 0) is 19.9 Å². The summed E-state index contributed by atoms with van der Waals surface area (Å²) in [4.78, 5) is 6.45. The van der Waals surface area contributed by atoms with Gasteiger partial charge in [0, 0.05) is 18.1 Å². The van der Waals surface area contributed by atoms with Crippen LogP contribution in [0.2, 0.25) is 0 Å². The number of fused-ring (bicyclic) bond motifs is 1. The van der Waals surface area contributed by atoms with E-state index in [1.807, 2.05) is 23.1 Å². The molecule has 0 fully saturated rings. The standard InChI is InChI=1S/C16H24N4S/c1-4-9-17-13-7-6-8-14-15(13)18-16(21-14)11-10-20(3)19-12(11)5-2/h10,13,17H,4-9H2,1-3H3. The van der Waals surface area contributed by atoms with E-state index in [1.54, 1.807) is 0 Å². The highest BCUT2D eigenvalue weighted by Gasteiger charge is 2.25. The Bertz CT molecular complexity index is 614. The Balaban J connectivity index is 1.93. The van der Waals surface area contributed by atoms with E-state index < -0.39 is 0 Å². The SMILES string of the molecule is CCCNC1CCCc2sc(-c3cn(C)nc3CC)nc21. The molecule has 0 amide bonds. The molecular formula is C16H24N4S. The first-order valence-corrected chi connectivity index (χ1v) is 8.80. The number of nitrogens with one attached hydrogen (secondary N) is 1. The van der Waals surface area contributed by atoms with Gasteiger partial charge in [0.25, 0.3) is 0 Å². The van der Waals surface area contributed by atoms with E-state index in [0.29, 0.717) is 6.04 Å². The van der Waals surface area contributed by atoms with Crippen LogP contribution in [0.3, 0.4) is 0 Å². The number of hydrogen-bond donors (Lipinski definition) is 1. The van der Waals surface area contributed by atoms with Crippen molar-refractivity contribution in [1.82, 2.24) is 20.1 Å². The number of aromatic nitrogens is 3. The Hall–Kier alpha value is -1.20. The van der Waals surface area contributed by atoms with E-state index in [4.69, 9.17) is 4.98 Å². The molecule has 2 aromatic rings. The summed E-state index contributed by atoms with van der Waals surface area (Å²) in [6.07, 6.45) is 7.90. The normalized spacial score (nSPS) is 18.0. The first kappa shape index (κ1) is 14.7. The van der Waals surface area contributed by atoms with Crippen molar-refractivity contribution in [3.63, 3.8) is 0 Å². The molecule has 0 radical (unpaired) electrons. The van der Waals surface area contributed by atoms with Gasteiger partial charge in [0.1, 0.15) is 5.01 Å². The topological polar surface area (TPSA) is 42.7 Å². The molecule has 1 aliphatic rings. The first-order chi connectivity index (χ1) is 10.2. The third-order valence-corrected chi connectivity index (χ3v) is 5.23. The molecule has 1 aliphatic carbocycles. The van der Waals surface area contributed by atoms with Gasteiger partial charge in [0.05, 0.1) is 23.0 Å². The third kappa shape index (κ3) is 2.90. The van der Waals surface area contributed by atoms with Crippen LogP contribution in [0.4, 0.5) is 0 Å². The summed E-state index contributed by atoms with van der Waals surface area (Å²) in [7, 11) is 1.99. The molecule has 1 N–H and O–H groups in total. The van der Waals surface area contributed by atoms with Crippen molar-refractivity contribution in [2.75, 3.05) is 6.54 Å². The van der Waals surface area contributed by atoms with Gasteiger partial charge in [-0.15, -0.1) is 11.3 Å². The maximum Gasteiger partial charge on any atom is 0.127 e. The van der Waals surface area contributed by atoms with Crippen LogP contribution in [0.1, 0.15) is 55.4 Å². The van der Waals surface area contributed by atoms with Gasteiger partial charge in [-0.25, -0.2) is 4.98 Å². The van der Waals surface area contributed by atoms with Crippen LogP contribution in [0, 0.1) is 0 Å².